The zero-order valence-electron chi connectivity index (χ0n) is 12.8. The molecule has 1 aromatic carbocycles. The van der Waals surface area contributed by atoms with Crippen molar-refractivity contribution in [2.24, 2.45) is 0 Å². The maximum atomic E-state index is 11.4. The van der Waals surface area contributed by atoms with Gasteiger partial charge in [-0.1, -0.05) is 6.92 Å². The highest BCUT2D eigenvalue weighted by molar-refractivity contribution is 5.89. The van der Waals surface area contributed by atoms with Crippen LogP contribution < -0.4 is 9.47 Å². The first-order valence-electron chi connectivity index (χ1n) is 6.90. The highest BCUT2D eigenvalue weighted by atomic mass is 16.5. The molecule has 0 amide bonds. The average molecular weight is 288 g/mol. The molecule has 0 saturated heterocycles. The number of rotatable bonds is 6. The van der Waals surface area contributed by atoms with Crippen molar-refractivity contribution in [2.45, 2.75) is 26.8 Å². The topological polar surface area (TPSA) is 53.4 Å². The van der Waals surface area contributed by atoms with Crippen LogP contribution in [0.5, 0.6) is 11.5 Å². The molecule has 2 rings (SSSR count). The van der Waals surface area contributed by atoms with Gasteiger partial charge in [0.2, 0.25) is 0 Å². The third-order valence-electron chi connectivity index (χ3n) is 3.51. The molecule has 0 fully saturated rings. The number of aromatic nitrogens is 2. The summed E-state index contributed by atoms with van der Waals surface area (Å²) in [6.07, 6.45) is 3.63. The summed E-state index contributed by atoms with van der Waals surface area (Å²) in [6, 6.07) is 3.51. The number of carbonyl (C=O) groups excluding carboxylic acids is 1. The van der Waals surface area contributed by atoms with E-state index in [2.05, 4.69) is 12.0 Å². The molecule has 0 aliphatic rings. The van der Waals surface area contributed by atoms with Crippen LogP contribution in [0.25, 0.3) is 11.1 Å². The van der Waals surface area contributed by atoms with E-state index in [1.165, 1.54) is 0 Å². The van der Waals surface area contributed by atoms with Gasteiger partial charge in [0.05, 0.1) is 20.4 Å². The Morgan fingerprint density at radius 3 is 2.43 bits per heavy atom. The lowest BCUT2D eigenvalue weighted by molar-refractivity contribution is 0.112. The van der Waals surface area contributed by atoms with Crippen LogP contribution in [0.4, 0.5) is 0 Å². The van der Waals surface area contributed by atoms with Gasteiger partial charge in [-0.25, -0.2) is 0 Å². The maximum Gasteiger partial charge on any atom is 0.161 e. The summed E-state index contributed by atoms with van der Waals surface area (Å²) in [5.41, 5.74) is 3.34. The molecule has 5 heteroatoms. The van der Waals surface area contributed by atoms with E-state index in [-0.39, 0.29) is 0 Å². The van der Waals surface area contributed by atoms with E-state index in [0.29, 0.717) is 17.1 Å². The van der Waals surface area contributed by atoms with Gasteiger partial charge in [0.1, 0.15) is 0 Å². The predicted octanol–water partition coefficient (Wildman–Crippen LogP) is 3.10. The Morgan fingerprint density at radius 2 is 1.86 bits per heavy atom. The van der Waals surface area contributed by atoms with Crippen molar-refractivity contribution in [1.82, 2.24) is 9.78 Å². The SMILES string of the molecule is CCCn1ncc(-c2cc(OC)c(OC)cc2C=O)c1C. The first-order valence-corrected chi connectivity index (χ1v) is 6.90. The van der Waals surface area contributed by atoms with Gasteiger partial charge in [-0.15, -0.1) is 0 Å². The van der Waals surface area contributed by atoms with Crippen LogP contribution in [0.1, 0.15) is 29.4 Å². The van der Waals surface area contributed by atoms with Gasteiger partial charge in [0.25, 0.3) is 0 Å². The van der Waals surface area contributed by atoms with E-state index in [9.17, 15) is 4.79 Å². The number of hydrogen-bond acceptors (Lipinski definition) is 4. The fourth-order valence-corrected chi connectivity index (χ4v) is 2.37. The summed E-state index contributed by atoms with van der Waals surface area (Å²) in [7, 11) is 3.13. The normalized spacial score (nSPS) is 10.5. The molecule has 5 nitrogen and oxygen atoms in total. The highest BCUT2D eigenvalue weighted by Gasteiger charge is 2.16. The molecule has 0 bridgehead atoms. The van der Waals surface area contributed by atoms with Gasteiger partial charge in [-0.2, -0.15) is 5.10 Å². The van der Waals surface area contributed by atoms with Crippen LogP contribution in [0, 0.1) is 6.92 Å². The van der Waals surface area contributed by atoms with Gasteiger partial charge in [0.15, 0.2) is 17.8 Å². The van der Waals surface area contributed by atoms with Crippen LogP contribution in [-0.2, 0) is 6.54 Å². The molecule has 0 N–H and O–H groups in total. The van der Waals surface area contributed by atoms with Crippen molar-refractivity contribution in [2.75, 3.05) is 14.2 Å². The first-order chi connectivity index (χ1) is 10.2. The molecule has 0 spiro atoms. The standard InChI is InChI=1S/C16H20N2O3/c1-5-6-18-11(2)14(9-17-18)13-8-16(21-4)15(20-3)7-12(13)10-19/h7-10H,5-6H2,1-4H3. The second-order valence-electron chi connectivity index (χ2n) is 4.78. The van der Waals surface area contributed by atoms with Gasteiger partial charge in [-0.3, -0.25) is 9.48 Å². The molecule has 112 valence electrons. The number of aldehydes is 1. The quantitative estimate of drug-likeness (QED) is 0.766. The van der Waals surface area contributed by atoms with E-state index in [1.807, 2.05) is 17.7 Å². The van der Waals surface area contributed by atoms with Crippen molar-refractivity contribution < 1.29 is 14.3 Å². The van der Waals surface area contributed by atoms with Gasteiger partial charge in [0, 0.05) is 23.4 Å². The van der Waals surface area contributed by atoms with Crippen LogP contribution in [0.15, 0.2) is 18.3 Å². The van der Waals surface area contributed by atoms with Crippen molar-refractivity contribution in [3.05, 3.63) is 29.6 Å². The lowest BCUT2D eigenvalue weighted by Gasteiger charge is -2.12. The number of ether oxygens (including phenoxy) is 2. The van der Waals surface area contributed by atoms with Gasteiger partial charge in [-0.05, 0) is 31.0 Å². The van der Waals surface area contributed by atoms with Gasteiger partial charge < -0.3 is 9.47 Å². The van der Waals surface area contributed by atoms with Crippen molar-refractivity contribution in [3.8, 4) is 22.6 Å². The minimum atomic E-state index is 0.543. The molecule has 0 radical (unpaired) electrons. The average Bonchev–Trinajstić information content (AvgIpc) is 2.87. The number of methoxy groups -OCH3 is 2. The predicted molar refractivity (Wildman–Crippen MR) is 81.2 cm³/mol. The molecule has 1 heterocycles. The fraction of sp³-hybridized carbons (Fsp3) is 0.375. The third-order valence-corrected chi connectivity index (χ3v) is 3.51. The van der Waals surface area contributed by atoms with E-state index in [1.54, 1.807) is 26.5 Å². The van der Waals surface area contributed by atoms with E-state index < -0.39 is 0 Å². The van der Waals surface area contributed by atoms with Crippen molar-refractivity contribution in [1.29, 1.82) is 0 Å². The summed E-state index contributed by atoms with van der Waals surface area (Å²) in [6.45, 7) is 4.97. The lowest BCUT2D eigenvalue weighted by Crippen LogP contribution is -2.01. The minimum Gasteiger partial charge on any atom is -0.493 e. The number of carbonyl (C=O) groups is 1. The fourth-order valence-electron chi connectivity index (χ4n) is 2.37. The Kier molecular flexibility index (Phi) is 4.62. The maximum absolute atomic E-state index is 11.4. The van der Waals surface area contributed by atoms with Crippen LogP contribution >= 0.6 is 0 Å². The van der Waals surface area contributed by atoms with E-state index in [0.717, 1.165) is 36.1 Å². The van der Waals surface area contributed by atoms with Crippen molar-refractivity contribution in [3.63, 3.8) is 0 Å². The lowest BCUT2D eigenvalue weighted by atomic mass is 10.00. The molecule has 0 unspecified atom stereocenters. The summed E-state index contributed by atoms with van der Waals surface area (Å²) in [5, 5.41) is 4.38. The number of aryl methyl sites for hydroxylation is 1. The summed E-state index contributed by atoms with van der Waals surface area (Å²) >= 11 is 0. The largest absolute Gasteiger partial charge is 0.493 e. The molecular weight excluding hydrogens is 268 g/mol. The van der Waals surface area contributed by atoms with E-state index >= 15 is 0 Å². The zero-order valence-corrected chi connectivity index (χ0v) is 12.8. The Labute approximate surface area is 124 Å². The molecule has 0 aliphatic carbocycles. The number of hydrogen-bond donors (Lipinski definition) is 0. The zero-order chi connectivity index (χ0) is 15.4. The minimum absolute atomic E-state index is 0.543. The molecule has 0 saturated carbocycles. The second kappa shape index (κ2) is 6.43. The molecular formula is C16H20N2O3. The molecule has 1 aromatic heterocycles. The number of benzene rings is 1. The van der Waals surface area contributed by atoms with Crippen LogP contribution in [0.3, 0.4) is 0 Å². The molecule has 2 aromatic rings. The van der Waals surface area contributed by atoms with Crippen LogP contribution in [0.2, 0.25) is 0 Å². The number of nitrogens with zero attached hydrogens (tertiary/aromatic N) is 2. The molecule has 0 atom stereocenters. The smallest absolute Gasteiger partial charge is 0.161 e. The highest BCUT2D eigenvalue weighted by Crippen LogP contribution is 2.36. The summed E-state index contributed by atoms with van der Waals surface area (Å²) in [4.78, 5) is 11.4. The second-order valence-corrected chi connectivity index (χ2v) is 4.78. The Morgan fingerprint density at radius 1 is 1.19 bits per heavy atom. The summed E-state index contributed by atoms with van der Waals surface area (Å²) < 4.78 is 12.5. The Balaban J connectivity index is 2.59. The summed E-state index contributed by atoms with van der Waals surface area (Å²) in [5.74, 6) is 1.14. The Hall–Kier alpha value is -2.30. The van der Waals surface area contributed by atoms with E-state index in [4.69, 9.17) is 9.47 Å². The van der Waals surface area contributed by atoms with Gasteiger partial charge >= 0.3 is 0 Å². The Bertz CT molecular complexity index is 647. The molecule has 0 aliphatic heterocycles. The third kappa shape index (κ3) is 2.77. The molecule has 21 heavy (non-hydrogen) atoms. The van der Waals surface area contributed by atoms with Crippen LogP contribution in [-0.4, -0.2) is 30.3 Å². The monoisotopic (exact) mass is 288 g/mol. The van der Waals surface area contributed by atoms with Crippen molar-refractivity contribution >= 4 is 6.29 Å². The first kappa shape index (κ1) is 15.1.